The second-order valence-corrected chi connectivity index (χ2v) is 7.99. The van der Waals surface area contributed by atoms with E-state index in [2.05, 4.69) is 4.98 Å². The lowest BCUT2D eigenvalue weighted by Gasteiger charge is -2.47. The molecule has 25 heavy (non-hydrogen) atoms. The molecular weight excluding hydrogens is 320 g/mol. The summed E-state index contributed by atoms with van der Waals surface area (Å²) in [5.74, 6) is -0.0754. The van der Waals surface area contributed by atoms with Crippen LogP contribution < -0.4 is 0 Å². The van der Waals surface area contributed by atoms with Gasteiger partial charge in [-0.3, -0.25) is 14.7 Å². The first kappa shape index (κ1) is 17.9. The number of hydrogen-bond acceptors (Lipinski definition) is 5. The summed E-state index contributed by atoms with van der Waals surface area (Å²) in [5, 5.41) is 0. The first-order chi connectivity index (χ1) is 11.7. The van der Waals surface area contributed by atoms with Crippen molar-refractivity contribution in [1.29, 1.82) is 0 Å². The van der Waals surface area contributed by atoms with E-state index in [4.69, 9.17) is 9.47 Å². The van der Waals surface area contributed by atoms with Gasteiger partial charge in [-0.25, -0.2) is 4.79 Å². The van der Waals surface area contributed by atoms with Gasteiger partial charge in [0.1, 0.15) is 11.3 Å². The van der Waals surface area contributed by atoms with Crippen LogP contribution in [0.2, 0.25) is 0 Å². The van der Waals surface area contributed by atoms with Gasteiger partial charge in [0.25, 0.3) is 0 Å². The van der Waals surface area contributed by atoms with E-state index >= 15 is 0 Å². The molecule has 0 saturated carbocycles. The number of rotatable bonds is 2. The fourth-order valence-corrected chi connectivity index (χ4v) is 3.56. The number of morpholine rings is 1. The van der Waals surface area contributed by atoms with Crippen LogP contribution in [0, 0.1) is 12.8 Å². The molecule has 3 heterocycles. The molecule has 0 aromatic carbocycles. The summed E-state index contributed by atoms with van der Waals surface area (Å²) in [6.45, 7) is 8.41. The van der Waals surface area contributed by atoms with Crippen LogP contribution >= 0.6 is 0 Å². The highest BCUT2D eigenvalue weighted by molar-refractivity contribution is 5.96. The van der Waals surface area contributed by atoms with Crippen LogP contribution in [-0.2, 0) is 9.47 Å². The van der Waals surface area contributed by atoms with Crippen LogP contribution in [0.15, 0.2) is 18.3 Å². The molecule has 2 bridgehead atoms. The SMILES string of the molecule is Cc1ccc(C(=O)C2CC3COCC(C2)N3C(=O)OC(C)(C)C)nc1. The first-order valence-electron chi connectivity index (χ1n) is 8.80. The second kappa shape index (κ2) is 6.75. The number of nitrogens with zero attached hydrogens (tertiary/aromatic N) is 2. The monoisotopic (exact) mass is 346 g/mol. The third-order valence-electron chi connectivity index (χ3n) is 4.66. The Bertz CT molecular complexity index is 636. The van der Waals surface area contributed by atoms with Crippen molar-refractivity contribution in [3.63, 3.8) is 0 Å². The highest BCUT2D eigenvalue weighted by Crippen LogP contribution is 2.34. The van der Waals surface area contributed by atoms with E-state index in [9.17, 15) is 9.59 Å². The predicted octanol–water partition coefficient (Wildman–Crippen LogP) is 2.99. The Balaban J connectivity index is 1.73. The third kappa shape index (κ3) is 4.00. The van der Waals surface area contributed by atoms with Gasteiger partial charge in [-0.05, 0) is 52.2 Å². The molecule has 1 amide bonds. The van der Waals surface area contributed by atoms with Crippen molar-refractivity contribution in [3.8, 4) is 0 Å². The van der Waals surface area contributed by atoms with Gasteiger partial charge in [-0.15, -0.1) is 0 Å². The number of aryl methyl sites for hydroxylation is 1. The molecule has 0 aliphatic carbocycles. The number of fused-ring (bicyclic) bond motifs is 2. The van der Waals surface area contributed by atoms with Gasteiger partial charge in [-0.2, -0.15) is 0 Å². The summed E-state index contributed by atoms with van der Waals surface area (Å²) < 4.78 is 11.2. The Morgan fingerprint density at radius 2 is 1.84 bits per heavy atom. The molecule has 0 radical (unpaired) electrons. The smallest absolute Gasteiger partial charge is 0.410 e. The first-order valence-corrected chi connectivity index (χ1v) is 8.80. The molecule has 2 unspecified atom stereocenters. The molecule has 0 spiro atoms. The molecule has 6 heteroatoms. The molecule has 0 N–H and O–H groups in total. The van der Waals surface area contributed by atoms with Crippen LogP contribution in [0.4, 0.5) is 4.79 Å². The van der Waals surface area contributed by atoms with Crippen molar-refractivity contribution >= 4 is 11.9 Å². The Morgan fingerprint density at radius 1 is 1.20 bits per heavy atom. The van der Waals surface area contributed by atoms with Crippen molar-refractivity contribution in [3.05, 3.63) is 29.6 Å². The maximum absolute atomic E-state index is 12.8. The highest BCUT2D eigenvalue weighted by Gasteiger charge is 2.45. The highest BCUT2D eigenvalue weighted by atomic mass is 16.6. The molecule has 136 valence electrons. The van der Waals surface area contributed by atoms with E-state index in [1.807, 2.05) is 33.8 Å². The number of carbonyl (C=O) groups excluding carboxylic acids is 2. The number of ketones is 1. The van der Waals surface area contributed by atoms with Crippen molar-refractivity contribution in [1.82, 2.24) is 9.88 Å². The fourth-order valence-electron chi connectivity index (χ4n) is 3.56. The molecule has 2 aliphatic heterocycles. The minimum atomic E-state index is -0.537. The van der Waals surface area contributed by atoms with E-state index in [0.29, 0.717) is 31.7 Å². The normalized spacial score (nSPS) is 26.2. The molecule has 1 aromatic heterocycles. The van der Waals surface area contributed by atoms with E-state index < -0.39 is 5.60 Å². The summed E-state index contributed by atoms with van der Waals surface area (Å²) in [7, 11) is 0. The average Bonchev–Trinajstić information content (AvgIpc) is 2.52. The van der Waals surface area contributed by atoms with E-state index in [-0.39, 0.29) is 29.9 Å². The minimum absolute atomic E-state index is 0.0562. The van der Waals surface area contributed by atoms with Gasteiger partial charge in [0.15, 0.2) is 5.78 Å². The van der Waals surface area contributed by atoms with Crippen molar-refractivity contribution in [2.24, 2.45) is 5.92 Å². The van der Waals surface area contributed by atoms with Gasteiger partial charge in [0, 0.05) is 12.1 Å². The summed E-state index contributed by atoms with van der Waals surface area (Å²) in [6.07, 6.45) is 2.58. The number of aromatic nitrogens is 1. The third-order valence-corrected chi connectivity index (χ3v) is 4.66. The van der Waals surface area contributed by atoms with E-state index in [0.717, 1.165) is 5.56 Å². The summed E-state index contributed by atoms with van der Waals surface area (Å²) >= 11 is 0. The van der Waals surface area contributed by atoms with Gasteiger partial charge >= 0.3 is 6.09 Å². The van der Waals surface area contributed by atoms with E-state index in [1.54, 1.807) is 17.2 Å². The Labute approximate surface area is 148 Å². The molecule has 2 atom stereocenters. The van der Waals surface area contributed by atoms with Gasteiger partial charge < -0.3 is 9.47 Å². The minimum Gasteiger partial charge on any atom is -0.444 e. The van der Waals surface area contributed by atoms with Gasteiger partial charge in [-0.1, -0.05) is 6.07 Å². The zero-order chi connectivity index (χ0) is 18.2. The van der Waals surface area contributed by atoms with Crippen LogP contribution in [0.25, 0.3) is 0 Å². The number of pyridine rings is 1. The Morgan fingerprint density at radius 3 is 2.36 bits per heavy atom. The molecule has 1 aromatic rings. The zero-order valence-corrected chi connectivity index (χ0v) is 15.3. The molecule has 3 rings (SSSR count). The number of carbonyl (C=O) groups is 2. The van der Waals surface area contributed by atoms with Crippen LogP contribution in [0.1, 0.15) is 49.7 Å². The number of hydrogen-bond donors (Lipinski definition) is 0. The number of amides is 1. The standard InChI is InChI=1S/C19H26N2O4/c1-12-5-6-16(20-9-12)17(22)13-7-14-10-24-11-15(8-13)21(14)18(23)25-19(2,3)4/h5-6,9,13-15H,7-8,10-11H2,1-4H3. The quantitative estimate of drug-likeness (QED) is 0.770. The summed E-state index contributed by atoms with van der Waals surface area (Å²) in [4.78, 5) is 31.4. The van der Waals surface area contributed by atoms with E-state index in [1.165, 1.54) is 0 Å². The topological polar surface area (TPSA) is 68.7 Å². The van der Waals surface area contributed by atoms with Crippen LogP contribution in [-0.4, -0.2) is 52.7 Å². The maximum Gasteiger partial charge on any atom is 0.410 e. The molecule has 2 saturated heterocycles. The molecule has 2 fully saturated rings. The zero-order valence-electron chi connectivity index (χ0n) is 15.3. The average molecular weight is 346 g/mol. The molecule has 6 nitrogen and oxygen atoms in total. The lowest BCUT2D eigenvalue weighted by Crippen LogP contribution is -2.60. The second-order valence-electron chi connectivity index (χ2n) is 7.99. The summed E-state index contributed by atoms with van der Waals surface area (Å²) in [5.41, 5.74) is 0.993. The Hall–Kier alpha value is -1.95. The largest absolute Gasteiger partial charge is 0.444 e. The number of Topliss-reactive ketones (excluding diaryl/α,β-unsaturated/α-hetero) is 1. The van der Waals surface area contributed by atoms with Crippen LogP contribution in [0.5, 0.6) is 0 Å². The van der Waals surface area contributed by atoms with Gasteiger partial charge in [0.05, 0.1) is 25.3 Å². The molecule has 2 aliphatic rings. The lowest BCUT2D eigenvalue weighted by molar-refractivity contribution is -0.0861. The van der Waals surface area contributed by atoms with Crippen molar-refractivity contribution < 1.29 is 19.1 Å². The van der Waals surface area contributed by atoms with Crippen molar-refractivity contribution in [2.45, 2.75) is 58.2 Å². The Kier molecular flexibility index (Phi) is 4.82. The van der Waals surface area contributed by atoms with Gasteiger partial charge in [0.2, 0.25) is 0 Å². The fraction of sp³-hybridized carbons (Fsp3) is 0.632. The van der Waals surface area contributed by atoms with Crippen LogP contribution in [0.3, 0.4) is 0 Å². The predicted molar refractivity (Wildman–Crippen MR) is 92.5 cm³/mol. The number of piperidine rings is 1. The summed E-state index contributed by atoms with van der Waals surface area (Å²) in [6, 6.07) is 3.44. The van der Waals surface area contributed by atoms with Crippen molar-refractivity contribution in [2.75, 3.05) is 13.2 Å². The number of ether oxygens (including phenoxy) is 2. The maximum atomic E-state index is 12.8. The lowest BCUT2D eigenvalue weighted by atomic mass is 9.81. The molecular formula is C19H26N2O4.